The molecule has 4 heteroatoms. The Labute approximate surface area is 108 Å². The van der Waals surface area contributed by atoms with E-state index in [1.807, 2.05) is 0 Å². The average molecular weight is 254 g/mol. The third-order valence-corrected chi connectivity index (χ3v) is 2.96. The van der Waals surface area contributed by atoms with Crippen molar-refractivity contribution < 1.29 is 14.6 Å². The van der Waals surface area contributed by atoms with E-state index in [4.69, 9.17) is 4.42 Å². The fraction of sp³-hybridized carbons (Fsp3) is 0. The lowest BCUT2D eigenvalue weighted by molar-refractivity contribution is 0.463. The van der Waals surface area contributed by atoms with E-state index in [-0.39, 0.29) is 22.5 Å². The molecule has 2 N–H and O–H groups in total. The minimum absolute atomic E-state index is 0.0631. The van der Waals surface area contributed by atoms with Crippen LogP contribution >= 0.6 is 0 Å². The van der Waals surface area contributed by atoms with Crippen molar-refractivity contribution in [2.24, 2.45) is 0 Å². The lowest BCUT2D eigenvalue weighted by atomic mass is 10.1. The molecule has 2 aromatic carbocycles. The molecule has 4 nitrogen and oxygen atoms in total. The highest BCUT2D eigenvalue weighted by Gasteiger charge is 2.11. The molecule has 0 unspecified atom stereocenters. The molecule has 0 saturated carbocycles. The van der Waals surface area contributed by atoms with E-state index in [2.05, 4.69) is 0 Å². The molecule has 0 fully saturated rings. The van der Waals surface area contributed by atoms with E-state index in [9.17, 15) is 15.0 Å². The highest BCUT2D eigenvalue weighted by atomic mass is 16.3. The van der Waals surface area contributed by atoms with Crippen LogP contribution in [-0.2, 0) is 0 Å². The molecule has 1 heterocycles. The van der Waals surface area contributed by atoms with Gasteiger partial charge in [-0.25, -0.2) is 0 Å². The second-order valence-corrected chi connectivity index (χ2v) is 4.18. The fourth-order valence-corrected chi connectivity index (χ4v) is 1.98. The lowest BCUT2D eigenvalue weighted by Crippen LogP contribution is -2.04. The first-order valence-electron chi connectivity index (χ1n) is 5.70. The van der Waals surface area contributed by atoms with Gasteiger partial charge in [-0.15, -0.1) is 0 Å². The Bertz CT molecular complexity index is 800. The number of hydrogen-bond acceptors (Lipinski definition) is 4. The highest BCUT2D eigenvalue weighted by Crippen LogP contribution is 2.26. The van der Waals surface area contributed by atoms with Crippen molar-refractivity contribution in [3.8, 4) is 22.6 Å². The van der Waals surface area contributed by atoms with Gasteiger partial charge in [0.05, 0.1) is 10.9 Å². The van der Waals surface area contributed by atoms with E-state index < -0.39 is 0 Å². The van der Waals surface area contributed by atoms with Crippen LogP contribution in [0.2, 0.25) is 0 Å². The normalized spacial score (nSPS) is 10.7. The zero-order valence-corrected chi connectivity index (χ0v) is 9.83. The van der Waals surface area contributed by atoms with E-state index in [1.54, 1.807) is 24.3 Å². The molecule has 94 valence electrons. The Balaban J connectivity index is 2.29. The molecule has 0 spiro atoms. The number of para-hydroxylation sites is 1. The summed E-state index contributed by atoms with van der Waals surface area (Å²) in [5, 5.41) is 19.2. The summed E-state index contributed by atoms with van der Waals surface area (Å²) >= 11 is 0. The van der Waals surface area contributed by atoms with Crippen LogP contribution in [0.3, 0.4) is 0 Å². The van der Waals surface area contributed by atoms with Crippen molar-refractivity contribution in [3.05, 3.63) is 59.0 Å². The number of rotatable bonds is 1. The number of aromatic hydroxyl groups is 2. The second kappa shape index (κ2) is 4.17. The Hall–Kier alpha value is -2.75. The zero-order chi connectivity index (χ0) is 13.4. The van der Waals surface area contributed by atoms with Crippen LogP contribution < -0.4 is 5.43 Å². The SMILES string of the molecule is O=c1c(-c2ccc(O)cc2)coc2c(O)cccc12. The predicted molar refractivity (Wildman–Crippen MR) is 71.2 cm³/mol. The van der Waals surface area contributed by atoms with Gasteiger partial charge < -0.3 is 14.6 Å². The minimum Gasteiger partial charge on any atom is -0.508 e. The van der Waals surface area contributed by atoms with Crippen LogP contribution in [-0.4, -0.2) is 10.2 Å². The first kappa shape index (κ1) is 11.3. The standard InChI is InChI=1S/C15H10O4/c16-10-6-4-9(5-7-10)12-8-19-15-11(14(12)18)2-1-3-13(15)17/h1-8,16-17H. The van der Waals surface area contributed by atoms with E-state index in [0.29, 0.717) is 16.5 Å². The van der Waals surface area contributed by atoms with Gasteiger partial charge in [0, 0.05) is 0 Å². The molecule has 0 saturated heterocycles. The molecule has 0 aliphatic heterocycles. The van der Waals surface area contributed by atoms with Gasteiger partial charge in [0.1, 0.15) is 12.0 Å². The summed E-state index contributed by atoms with van der Waals surface area (Å²) in [4.78, 5) is 12.3. The molecule has 1 aromatic heterocycles. The topological polar surface area (TPSA) is 70.7 Å². The monoisotopic (exact) mass is 254 g/mol. The van der Waals surface area contributed by atoms with E-state index >= 15 is 0 Å². The summed E-state index contributed by atoms with van der Waals surface area (Å²) < 4.78 is 5.33. The largest absolute Gasteiger partial charge is 0.508 e. The van der Waals surface area contributed by atoms with Gasteiger partial charge in [-0.1, -0.05) is 18.2 Å². The van der Waals surface area contributed by atoms with Crippen LogP contribution in [0.4, 0.5) is 0 Å². The van der Waals surface area contributed by atoms with Crippen LogP contribution in [0.5, 0.6) is 11.5 Å². The molecule has 19 heavy (non-hydrogen) atoms. The minimum atomic E-state index is -0.220. The summed E-state index contributed by atoms with van der Waals surface area (Å²) in [5.41, 5.74) is 0.993. The Morgan fingerprint density at radius 1 is 0.947 bits per heavy atom. The number of phenols is 2. The highest BCUT2D eigenvalue weighted by molar-refractivity contribution is 5.85. The lowest BCUT2D eigenvalue weighted by Gasteiger charge is -2.03. The van der Waals surface area contributed by atoms with Gasteiger partial charge in [-0.2, -0.15) is 0 Å². The molecule has 0 bridgehead atoms. The molecule has 0 aliphatic rings. The Morgan fingerprint density at radius 3 is 2.42 bits per heavy atom. The molecule has 0 aliphatic carbocycles. The van der Waals surface area contributed by atoms with Gasteiger partial charge in [0.15, 0.2) is 11.3 Å². The molecular formula is C15H10O4. The molecule has 3 rings (SSSR count). The summed E-state index contributed by atoms with van der Waals surface area (Å²) in [7, 11) is 0. The van der Waals surface area contributed by atoms with Gasteiger partial charge in [0.25, 0.3) is 0 Å². The van der Waals surface area contributed by atoms with E-state index in [0.717, 1.165) is 0 Å². The third kappa shape index (κ3) is 1.83. The Morgan fingerprint density at radius 2 is 1.68 bits per heavy atom. The van der Waals surface area contributed by atoms with Crippen molar-refractivity contribution in [1.82, 2.24) is 0 Å². The van der Waals surface area contributed by atoms with E-state index in [1.165, 1.54) is 24.5 Å². The van der Waals surface area contributed by atoms with Gasteiger partial charge in [0.2, 0.25) is 5.43 Å². The van der Waals surface area contributed by atoms with Crippen molar-refractivity contribution in [3.63, 3.8) is 0 Å². The van der Waals surface area contributed by atoms with Crippen LogP contribution in [0.15, 0.2) is 57.9 Å². The molecule has 0 radical (unpaired) electrons. The maximum Gasteiger partial charge on any atom is 0.200 e. The zero-order valence-electron chi connectivity index (χ0n) is 9.83. The van der Waals surface area contributed by atoms with Crippen molar-refractivity contribution in [2.45, 2.75) is 0 Å². The maximum atomic E-state index is 12.3. The summed E-state index contributed by atoms with van der Waals surface area (Å²) in [6.07, 6.45) is 1.32. The average Bonchev–Trinajstić information content (AvgIpc) is 2.42. The first-order valence-corrected chi connectivity index (χ1v) is 5.70. The number of hydrogen-bond donors (Lipinski definition) is 2. The summed E-state index contributed by atoms with van der Waals surface area (Å²) in [6.45, 7) is 0. The first-order chi connectivity index (χ1) is 9.16. The fourth-order valence-electron chi connectivity index (χ4n) is 1.98. The smallest absolute Gasteiger partial charge is 0.200 e. The third-order valence-electron chi connectivity index (χ3n) is 2.96. The number of benzene rings is 2. The van der Waals surface area contributed by atoms with Gasteiger partial charge in [-0.05, 0) is 29.8 Å². The summed E-state index contributed by atoms with van der Waals surface area (Å²) in [6, 6.07) is 10.9. The van der Waals surface area contributed by atoms with Crippen LogP contribution in [0, 0.1) is 0 Å². The molecule has 0 atom stereocenters. The quantitative estimate of drug-likeness (QED) is 0.700. The van der Waals surface area contributed by atoms with Crippen molar-refractivity contribution >= 4 is 11.0 Å². The maximum absolute atomic E-state index is 12.3. The van der Waals surface area contributed by atoms with Gasteiger partial charge >= 0.3 is 0 Å². The van der Waals surface area contributed by atoms with Crippen molar-refractivity contribution in [2.75, 3.05) is 0 Å². The number of fused-ring (bicyclic) bond motifs is 1. The van der Waals surface area contributed by atoms with Crippen LogP contribution in [0.1, 0.15) is 0 Å². The Kier molecular flexibility index (Phi) is 2.49. The predicted octanol–water partition coefficient (Wildman–Crippen LogP) is 2.87. The van der Waals surface area contributed by atoms with Crippen LogP contribution in [0.25, 0.3) is 22.1 Å². The van der Waals surface area contributed by atoms with Gasteiger partial charge in [-0.3, -0.25) is 4.79 Å². The summed E-state index contributed by atoms with van der Waals surface area (Å²) in [5.74, 6) is 0.0680. The molecule has 3 aromatic rings. The van der Waals surface area contributed by atoms with Crippen molar-refractivity contribution in [1.29, 1.82) is 0 Å². The molecular weight excluding hydrogens is 244 g/mol. The number of phenolic OH excluding ortho intramolecular Hbond substituents is 2. The molecule has 0 amide bonds. The second-order valence-electron chi connectivity index (χ2n) is 4.18.